The number of rotatable bonds is 1. The predicted molar refractivity (Wildman–Crippen MR) is 52.9 cm³/mol. The summed E-state index contributed by atoms with van der Waals surface area (Å²) in [6.45, 7) is 0. The van der Waals surface area contributed by atoms with Crippen molar-refractivity contribution in [3.63, 3.8) is 0 Å². The Morgan fingerprint density at radius 2 is 2.08 bits per heavy atom. The summed E-state index contributed by atoms with van der Waals surface area (Å²) in [5.74, 6) is 0.624. The van der Waals surface area contributed by atoms with E-state index in [2.05, 4.69) is 15.1 Å². The van der Waals surface area contributed by atoms with E-state index in [1.165, 1.54) is 11.3 Å². The Bertz CT molecular complexity index is 459. The summed E-state index contributed by atoms with van der Waals surface area (Å²) < 4.78 is 2.37. The zero-order chi connectivity index (χ0) is 9.26. The Labute approximate surface area is 83.9 Å². The molecule has 0 spiro atoms. The van der Waals surface area contributed by atoms with Gasteiger partial charge >= 0.3 is 0 Å². The third-order valence-electron chi connectivity index (χ3n) is 1.45. The van der Waals surface area contributed by atoms with Gasteiger partial charge in [0.2, 0.25) is 0 Å². The number of hydrogen-bond acceptors (Lipinski definition) is 5. The van der Waals surface area contributed by atoms with Crippen LogP contribution in [0.2, 0.25) is 0 Å². The van der Waals surface area contributed by atoms with E-state index in [9.17, 15) is 0 Å². The molecule has 0 radical (unpaired) electrons. The van der Waals surface area contributed by atoms with Gasteiger partial charge in [0.1, 0.15) is 0 Å². The molecule has 0 N–H and O–H groups in total. The summed E-state index contributed by atoms with van der Waals surface area (Å²) in [4.78, 5) is 8.16. The summed E-state index contributed by atoms with van der Waals surface area (Å²) in [6.07, 6.45) is 3.37. The van der Waals surface area contributed by atoms with E-state index in [0.717, 1.165) is 8.96 Å². The molecular weight excluding hydrogens is 204 g/mol. The molecule has 2 heterocycles. The van der Waals surface area contributed by atoms with Gasteiger partial charge in [-0.25, -0.2) is 14.6 Å². The van der Waals surface area contributed by atoms with E-state index in [0.29, 0.717) is 5.82 Å². The van der Waals surface area contributed by atoms with Crippen molar-refractivity contribution in [1.29, 1.82) is 0 Å². The smallest absolute Gasteiger partial charge is 0.190 e. The minimum Gasteiger partial charge on any atom is -0.247 e. The van der Waals surface area contributed by atoms with Gasteiger partial charge in [-0.3, -0.25) is 0 Å². The Morgan fingerprint density at radius 1 is 1.38 bits per heavy atom. The fourth-order valence-electron chi connectivity index (χ4n) is 0.846. The third-order valence-corrected chi connectivity index (χ3v) is 2.86. The molecule has 0 aromatic carbocycles. The standard InChI is InChI=1S/C7H6N4S2/c1-11-7(12)13-6(10-11)5-8-3-2-4-9-5/h2-4H,1H3. The summed E-state index contributed by atoms with van der Waals surface area (Å²) >= 11 is 6.45. The molecule has 0 saturated heterocycles. The van der Waals surface area contributed by atoms with Gasteiger partial charge in [0, 0.05) is 19.4 Å². The molecule has 0 aliphatic carbocycles. The number of nitrogens with zero attached hydrogens (tertiary/aromatic N) is 4. The average molecular weight is 210 g/mol. The van der Waals surface area contributed by atoms with E-state index in [4.69, 9.17) is 12.2 Å². The first-order valence-corrected chi connectivity index (χ1v) is 4.81. The van der Waals surface area contributed by atoms with Crippen LogP contribution < -0.4 is 0 Å². The Kier molecular flexibility index (Phi) is 2.15. The molecule has 6 heteroatoms. The van der Waals surface area contributed by atoms with Crippen LogP contribution in [0.15, 0.2) is 18.5 Å². The molecule has 4 nitrogen and oxygen atoms in total. The molecule has 0 amide bonds. The van der Waals surface area contributed by atoms with Crippen LogP contribution >= 0.6 is 23.6 Å². The Balaban J connectivity index is 2.54. The molecule has 0 fully saturated rings. The van der Waals surface area contributed by atoms with Crippen molar-refractivity contribution in [2.75, 3.05) is 0 Å². The summed E-state index contributed by atoms with van der Waals surface area (Å²) in [7, 11) is 1.81. The fraction of sp³-hybridized carbons (Fsp3) is 0.143. The van der Waals surface area contributed by atoms with Crippen molar-refractivity contribution in [2.24, 2.45) is 7.05 Å². The zero-order valence-electron chi connectivity index (χ0n) is 6.84. The largest absolute Gasteiger partial charge is 0.247 e. The molecule has 0 saturated carbocycles. The minimum atomic E-state index is 0.624. The van der Waals surface area contributed by atoms with E-state index in [-0.39, 0.29) is 0 Å². The van der Waals surface area contributed by atoms with Crippen molar-refractivity contribution in [3.8, 4) is 10.8 Å². The molecule has 2 aromatic rings. The summed E-state index contributed by atoms with van der Waals surface area (Å²) in [5.41, 5.74) is 0. The molecule has 2 rings (SSSR count). The minimum absolute atomic E-state index is 0.624. The van der Waals surface area contributed by atoms with Gasteiger partial charge in [-0.15, -0.1) is 0 Å². The molecule has 2 aromatic heterocycles. The summed E-state index contributed by atoms with van der Waals surface area (Å²) in [6, 6.07) is 1.77. The average Bonchev–Trinajstić information content (AvgIpc) is 2.49. The first-order valence-electron chi connectivity index (χ1n) is 3.59. The van der Waals surface area contributed by atoms with Crippen LogP contribution in [0.1, 0.15) is 0 Å². The van der Waals surface area contributed by atoms with Gasteiger partial charge in [-0.05, 0) is 18.3 Å². The van der Waals surface area contributed by atoms with Crippen molar-refractivity contribution < 1.29 is 0 Å². The SMILES string of the molecule is Cn1nc(-c2ncccn2)sc1=S. The number of hydrogen-bond donors (Lipinski definition) is 0. The lowest BCUT2D eigenvalue weighted by Crippen LogP contribution is -1.91. The topological polar surface area (TPSA) is 43.6 Å². The maximum atomic E-state index is 5.04. The molecule has 0 aliphatic heterocycles. The highest BCUT2D eigenvalue weighted by atomic mass is 32.1. The van der Waals surface area contributed by atoms with E-state index < -0.39 is 0 Å². The van der Waals surface area contributed by atoms with Gasteiger partial charge in [0.25, 0.3) is 0 Å². The molecule has 13 heavy (non-hydrogen) atoms. The van der Waals surface area contributed by atoms with Crippen LogP contribution in [0.25, 0.3) is 10.8 Å². The van der Waals surface area contributed by atoms with Crippen molar-refractivity contribution in [3.05, 3.63) is 22.4 Å². The lowest BCUT2D eigenvalue weighted by Gasteiger charge is -1.89. The second-order valence-electron chi connectivity index (χ2n) is 2.37. The van der Waals surface area contributed by atoms with Gasteiger partial charge in [-0.2, -0.15) is 5.10 Å². The lowest BCUT2D eigenvalue weighted by molar-refractivity contribution is 0.760. The lowest BCUT2D eigenvalue weighted by atomic mass is 10.6. The van der Waals surface area contributed by atoms with Gasteiger partial charge < -0.3 is 0 Å². The summed E-state index contributed by atoms with van der Waals surface area (Å²) in [5, 5.41) is 4.94. The maximum Gasteiger partial charge on any atom is 0.190 e. The predicted octanol–water partition coefficient (Wildman–Crippen LogP) is 1.67. The van der Waals surface area contributed by atoms with Crippen molar-refractivity contribution in [1.82, 2.24) is 19.7 Å². The highest BCUT2D eigenvalue weighted by Gasteiger charge is 2.05. The van der Waals surface area contributed by atoms with Crippen LogP contribution in [-0.2, 0) is 7.05 Å². The van der Waals surface area contributed by atoms with Crippen LogP contribution in [-0.4, -0.2) is 19.7 Å². The van der Waals surface area contributed by atoms with Crippen LogP contribution in [0.3, 0.4) is 0 Å². The highest BCUT2D eigenvalue weighted by molar-refractivity contribution is 7.73. The maximum absolute atomic E-state index is 5.04. The molecule has 0 unspecified atom stereocenters. The normalized spacial score (nSPS) is 10.2. The second kappa shape index (κ2) is 3.31. The highest BCUT2D eigenvalue weighted by Crippen LogP contribution is 2.17. The molecule has 0 atom stereocenters. The van der Waals surface area contributed by atoms with Crippen molar-refractivity contribution in [2.45, 2.75) is 0 Å². The second-order valence-corrected chi connectivity index (χ2v) is 3.99. The van der Waals surface area contributed by atoms with Crippen LogP contribution in [0.4, 0.5) is 0 Å². The van der Waals surface area contributed by atoms with E-state index >= 15 is 0 Å². The molecule has 0 bridgehead atoms. The van der Waals surface area contributed by atoms with E-state index in [1.807, 2.05) is 7.05 Å². The first kappa shape index (κ1) is 8.46. The molecule has 0 aliphatic rings. The first-order chi connectivity index (χ1) is 6.27. The van der Waals surface area contributed by atoms with Crippen molar-refractivity contribution >= 4 is 23.6 Å². The Morgan fingerprint density at radius 3 is 2.62 bits per heavy atom. The number of aromatic nitrogens is 4. The molecule has 66 valence electrons. The quantitative estimate of drug-likeness (QED) is 0.671. The van der Waals surface area contributed by atoms with Gasteiger partial charge in [0.15, 0.2) is 14.8 Å². The van der Waals surface area contributed by atoms with Gasteiger partial charge in [0.05, 0.1) is 0 Å². The third kappa shape index (κ3) is 1.63. The van der Waals surface area contributed by atoms with Crippen LogP contribution in [0, 0.1) is 3.95 Å². The van der Waals surface area contributed by atoms with E-state index in [1.54, 1.807) is 23.1 Å². The monoisotopic (exact) mass is 210 g/mol. The Hall–Kier alpha value is -1.14. The van der Waals surface area contributed by atoms with Gasteiger partial charge in [-0.1, -0.05) is 11.3 Å². The zero-order valence-corrected chi connectivity index (χ0v) is 8.47. The van der Waals surface area contributed by atoms with Crippen LogP contribution in [0.5, 0.6) is 0 Å². The fourth-order valence-corrected chi connectivity index (χ4v) is 1.82. The molecular formula is C7H6N4S2. The number of aryl methyl sites for hydroxylation is 1.